The molecule has 2 N–H and O–H groups in total. The Hall–Kier alpha value is -4.20. The van der Waals surface area contributed by atoms with E-state index >= 15 is 0 Å². The first-order chi connectivity index (χ1) is 16.4. The zero-order valence-corrected chi connectivity index (χ0v) is 18.7. The maximum atomic E-state index is 12.9. The molecule has 3 rings (SSSR count). The first-order valence-corrected chi connectivity index (χ1v) is 10.7. The highest BCUT2D eigenvalue weighted by Crippen LogP contribution is 2.23. The van der Waals surface area contributed by atoms with Gasteiger partial charge in [0.1, 0.15) is 17.3 Å². The number of anilines is 2. The predicted molar refractivity (Wildman–Crippen MR) is 126 cm³/mol. The zero-order valence-electron chi connectivity index (χ0n) is 18.7. The lowest BCUT2D eigenvalue weighted by Crippen LogP contribution is -2.21. The second kappa shape index (κ2) is 12.2. The third-order valence-electron chi connectivity index (χ3n) is 4.64. The molecule has 0 bridgehead atoms. The van der Waals surface area contributed by atoms with Crippen LogP contribution in [0.2, 0.25) is 0 Å². The summed E-state index contributed by atoms with van der Waals surface area (Å²) < 4.78 is 23.5. The quantitative estimate of drug-likeness (QED) is 0.402. The summed E-state index contributed by atoms with van der Waals surface area (Å²) in [6.07, 6.45) is 0.401. The van der Waals surface area contributed by atoms with E-state index in [2.05, 4.69) is 10.6 Å². The lowest BCUT2D eigenvalue weighted by Gasteiger charge is -2.09. The summed E-state index contributed by atoms with van der Waals surface area (Å²) in [4.78, 5) is 35.7. The Bertz CT molecular complexity index is 1130. The minimum atomic E-state index is -0.584. The Morgan fingerprint density at radius 2 is 1.44 bits per heavy atom. The van der Waals surface area contributed by atoms with Crippen molar-refractivity contribution in [3.63, 3.8) is 0 Å². The van der Waals surface area contributed by atoms with Gasteiger partial charge in [0.15, 0.2) is 6.61 Å². The average Bonchev–Trinajstić information content (AvgIpc) is 2.80. The lowest BCUT2D eigenvalue weighted by atomic mass is 10.2. The molecular weight excluding hydrogens is 439 g/mol. The van der Waals surface area contributed by atoms with Gasteiger partial charge in [-0.1, -0.05) is 12.1 Å². The highest BCUT2D eigenvalue weighted by Gasteiger charge is 2.10. The standard InChI is InChI=1S/C26H25FN2O5/c1-18-4-2-5-23(16-18)34-22-14-12-21(13-15-22)28-24(30)6-3-7-26(32)33-17-25(31)29-20-10-8-19(27)9-11-20/h2,4-5,8-16H,3,6-7,17H2,1H3,(H,28,30)(H,29,31). The topological polar surface area (TPSA) is 93.7 Å². The number of esters is 1. The van der Waals surface area contributed by atoms with Crippen molar-refractivity contribution in [2.45, 2.75) is 26.2 Å². The molecule has 0 aliphatic carbocycles. The first kappa shape index (κ1) is 24.4. The van der Waals surface area contributed by atoms with Gasteiger partial charge in [0.2, 0.25) is 5.91 Å². The molecule has 0 aliphatic heterocycles. The fraction of sp³-hybridized carbons (Fsp3) is 0.192. The monoisotopic (exact) mass is 464 g/mol. The Morgan fingerprint density at radius 3 is 2.12 bits per heavy atom. The molecule has 3 aromatic carbocycles. The second-order valence-corrected chi connectivity index (χ2v) is 7.56. The van der Waals surface area contributed by atoms with Crippen LogP contribution in [0.3, 0.4) is 0 Å². The maximum Gasteiger partial charge on any atom is 0.306 e. The van der Waals surface area contributed by atoms with Crippen LogP contribution in [0.1, 0.15) is 24.8 Å². The summed E-state index contributed by atoms with van der Waals surface area (Å²) in [5, 5.41) is 5.25. The zero-order chi connectivity index (χ0) is 24.3. The molecular formula is C26H25FN2O5. The number of carbonyl (C=O) groups excluding carboxylic acids is 3. The molecule has 0 atom stereocenters. The number of amides is 2. The Labute approximate surface area is 196 Å². The SMILES string of the molecule is Cc1cccc(Oc2ccc(NC(=O)CCCC(=O)OCC(=O)Nc3ccc(F)cc3)cc2)c1. The minimum Gasteiger partial charge on any atom is -0.457 e. The number of halogens is 1. The van der Waals surface area contributed by atoms with Gasteiger partial charge in [-0.2, -0.15) is 0 Å². The number of rotatable bonds is 10. The molecule has 0 aromatic heterocycles. The molecule has 0 saturated carbocycles. The number of aryl methyl sites for hydroxylation is 1. The van der Waals surface area contributed by atoms with Crippen molar-refractivity contribution in [3.05, 3.63) is 84.2 Å². The van der Waals surface area contributed by atoms with Crippen LogP contribution in [0, 0.1) is 12.7 Å². The summed E-state index contributed by atoms with van der Waals surface area (Å²) in [7, 11) is 0. The first-order valence-electron chi connectivity index (χ1n) is 10.7. The molecule has 176 valence electrons. The van der Waals surface area contributed by atoms with Crippen molar-refractivity contribution >= 4 is 29.2 Å². The molecule has 0 unspecified atom stereocenters. The summed E-state index contributed by atoms with van der Waals surface area (Å²) in [5.41, 5.74) is 2.11. The molecule has 8 heteroatoms. The Morgan fingerprint density at radius 1 is 0.794 bits per heavy atom. The van der Waals surface area contributed by atoms with E-state index in [1.165, 1.54) is 24.3 Å². The van der Waals surface area contributed by atoms with Crippen LogP contribution in [0.5, 0.6) is 11.5 Å². The van der Waals surface area contributed by atoms with Crippen LogP contribution in [0.15, 0.2) is 72.8 Å². The van der Waals surface area contributed by atoms with Gasteiger partial charge in [0.05, 0.1) is 0 Å². The van der Waals surface area contributed by atoms with E-state index in [0.717, 1.165) is 11.3 Å². The fourth-order valence-corrected chi connectivity index (χ4v) is 2.99. The Balaban J connectivity index is 1.32. The molecule has 3 aromatic rings. The normalized spacial score (nSPS) is 10.3. The van der Waals surface area contributed by atoms with E-state index in [1.807, 2.05) is 31.2 Å². The van der Waals surface area contributed by atoms with Gasteiger partial charge in [-0.15, -0.1) is 0 Å². The van der Waals surface area contributed by atoms with E-state index in [1.54, 1.807) is 24.3 Å². The van der Waals surface area contributed by atoms with E-state index in [-0.39, 0.29) is 25.2 Å². The second-order valence-electron chi connectivity index (χ2n) is 7.56. The van der Waals surface area contributed by atoms with Gasteiger partial charge >= 0.3 is 5.97 Å². The van der Waals surface area contributed by atoms with Gasteiger partial charge < -0.3 is 20.1 Å². The van der Waals surface area contributed by atoms with E-state index in [9.17, 15) is 18.8 Å². The molecule has 34 heavy (non-hydrogen) atoms. The van der Waals surface area contributed by atoms with Gasteiger partial charge in [-0.3, -0.25) is 14.4 Å². The van der Waals surface area contributed by atoms with Crippen LogP contribution in [0.25, 0.3) is 0 Å². The molecule has 0 fully saturated rings. The highest BCUT2D eigenvalue weighted by atomic mass is 19.1. The molecule has 0 aliphatic rings. The van der Waals surface area contributed by atoms with Gasteiger partial charge in [0, 0.05) is 24.2 Å². The van der Waals surface area contributed by atoms with Crippen LogP contribution in [-0.4, -0.2) is 24.4 Å². The summed E-state index contributed by atoms with van der Waals surface area (Å²) in [6.45, 7) is 1.53. The van der Waals surface area contributed by atoms with Gasteiger partial charge in [-0.05, 0) is 79.6 Å². The minimum absolute atomic E-state index is 0.000514. The van der Waals surface area contributed by atoms with Crippen molar-refractivity contribution in [1.82, 2.24) is 0 Å². The van der Waals surface area contributed by atoms with E-state index in [0.29, 0.717) is 17.1 Å². The molecule has 7 nitrogen and oxygen atoms in total. The number of hydrogen-bond acceptors (Lipinski definition) is 5. The van der Waals surface area contributed by atoms with Gasteiger partial charge in [0.25, 0.3) is 5.91 Å². The summed E-state index contributed by atoms with van der Waals surface area (Å²) >= 11 is 0. The van der Waals surface area contributed by atoms with Crippen molar-refractivity contribution in [3.8, 4) is 11.5 Å². The molecule has 2 amide bonds. The third kappa shape index (κ3) is 8.38. The molecule has 0 heterocycles. The summed E-state index contributed by atoms with van der Waals surface area (Å²) in [6, 6.07) is 19.9. The van der Waals surface area contributed by atoms with Crippen LogP contribution >= 0.6 is 0 Å². The van der Waals surface area contributed by atoms with Crippen molar-refractivity contribution in [2.24, 2.45) is 0 Å². The largest absolute Gasteiger partial charge is 0.457 e. The highest BCUT2D eigenvalue weighted by molar-refractivity contribution is 5.93. The van der Waals surface area contributed by atoms with E-state index in [4.69, 9.17) is 9.47 Å². The number of benzene rings is 3. The summed E-state index contributed by atoms with van der Waals surface area (Å²) in [5.74, 6) is -0.398. The Kier molecular flexibility index (Phi) is 8.73. The number of ether oxygens (including phenoxy) is 2. The number of hydrogen-bond donors (Lipinski definition) is 2. The molecule has 0 radical (unpaired) electrons. The van der Waals surface area contributed by atoms with E-state index < -0.39 is 24.3 Å². The van der Waals surface area contributed by atoms with Crippen LogP contribution in [-0.2, 0) is 19.1 Å². The average molecular weight is 464 g/mol. The molecule has 0 saturated heterocycles. The number of carbonyl (C=O) groups is 3. The third-order valence-corrected chi connectivity index (χ3v) is 4.64. The van der Waals surface area contributed by atoms with Crippen molar-refractivity contribution in [2.75, 3.05) is 17.2 Å². The molecule has 0 spiro atoms. The maximum absolute atomic E-state index is 12.9. The van der Waals surface area contributed by atoms with Crippen LogP contribution < -0.4 is 15.4 Å². The van der Waals surface area contributed by atoms with Crippen molar-refractivity contribution < 1.29 is 28.2 Å². The number of nitrogens with one attached hydrogen (secondary N) is 2. The van der Waals surface area contributed by atoms with Gasteiger partial charge in [-0.25, -0.2) is 4.39 Å². The smallest absolute Gasteiger partial charge is 0.306 e. The van der Waals surface area contributed by atoms with Crippen LogP contribution in [0.4, 0.5) is 15.8 Å². The lowest BCUT2D eigenvalue weighted by molar-refractivity contribution is -0.147. The fourth-order valence-electron chi connectivity index (χ4n) is 2.99. The predicted octanol–water partition coefficient (Wildman–Crippen LogP) is 5.22. The van der Waals surface area contributed by atoms with Crippen molar-refractivity contribution in [1.29, 1.82) is 0 Å².